The van der Waals surface area contributed by atoms with E-state index in [1.165, 1.54) is 0 Å². The van der Waals surface area contributed by atoms with E-state index in [9.17, 15) is 5.11 Å². The minimum Gasteiger partial charge on any atom is -0.393 e. The van der Waals surface area contributed by atoms with Gasteiger partial charge < -0.3 is 15.7 Å². The highest BCUT2D eigenvalue weighted by Gasteiger charge is 2.21. The number of hydrogen-bond acceptors (Lipinski definition) is 6. The van der Waals surface area contributed by atoms with Gasteiger partial charge in [0.25, 0.3) is 0 Å². The van der Waals surface area contributed by atoms with Crippen molar-refractivity contribution in [2.45, 2.75) is 37.8 Å². The molecule has 0 radical (unpaired) electrons. The summed E-state index contributed by atoms with van der Waals surface area (Å²) in [7, 11) is 0. The molecule has 2 heterocycles. The number of terminal acetylenes is 1. The van der Waals surface area contributed by atoms with Crippen LogP contribution in [-0.4, -0.2) is 32.2 Å². The molecule has 1 aromatic carbocycles. The molecule has 29 heavy (non-hydrogen) atoms. The number of rotatable bonds is 5. The maximum atomic E-state index is 9.79. The SMILES string of the molecule is C#Cc1ccccc1Nc1ncc(-c2ccccn2)c(NC2CCC(O)CC2)n1. The Kier molecular flexibility index (Phi) is 5.68. The van der Waals surface area contributed by atoms with Crippen LogP contribution >= 0.6 is 0 Å². The highest BCUT2D eigenvalue weighted by molar-refractivity contribution is 5.74. The summed E-state index contributed by atoms with van der Waals surface area (Å²) in [6.07, 6.45) is 12.3. The Balaban J connectivity index is 1.65. The van der Waals surface area contributed by atoms with Crippen LogP contribution in [0.1, 0.15) is 31.2 Å². The summed E-state index contributed by atoms with van der Waals surface area (Å²) in [6, 6.07) is 13.6. The van der Waals surface area contributed by atoms with Gasteiger partial charge >= 0.3 is 0 Å². The van der Waals surface area contributed by atoms with Crippen molar-refractivity contribution >= 4 is 17.5 Å². The summed E-state index contributed by atoms with van der Waals surface area (Å²) in [5.41, 5.74) is 3.18. The predicted molar refractivity (Wildman–Crippen MR) is 115 cm³/mol. The van der Waals surface area contributed by atoms with Crippen molar-refractivity contribution < 1.29 is 5.11 Å². The number of aliphatic hydroxyl groups excluding tert-OH is 1. The van der Waals surface area contributed by atoms with Gasteiger partial charge in [0.2, 0.25) is 5.95 Å². The third kappa shape index (κ3) is 4.53. The molecule has 0 bridgehead atoms. The highest BCUT2D eigenvalue weighted by Crippen LogP contribution is 2.29. The molecule has 1 aliphatic rings. The first kappa shape index (κ1) is 18.9. The number of aromatic nitrogens is 3. The Bertz CT molecular complexity index is 1010. The summed E-state index contributed by atoms with van der Waals surface area (Å²) >= 11 is 0. The zero-order chi connectivity index (χ0) is 20.1. The van der Waals surface area contributed by atoms with Crippen LogP contribution < -0.4 is 10.6 Å². The number of benzene rings is 1. The lowest BCUT2D eigenvalue weighted by Crippen LogP contribution is -2.29. The van der Waals surface area contributed by atoms with Crippen LogP contribution in [0, 0.1) is 12.3 Å². The molecule has 6 heteroatoms. The minimum atomic E-state index is -0.203. The van der Waals surface area contributed by atoms with Gasteiger partial charge in [0.1, 0.15) is 5.82 Å². The fraction of sp³-hybridized carbons (Fsp3) is 0.261. The van der Waals surface area contributed by atoms with Crippen molar-refractivity contribution in [3.05, 3.63) is 60.4 Å². The number of nitrogens with zero attached hydrogens (tertiary/aromatic N) is 3. The maximum Gasteiger partial charge on any atom is 0.229 e. The molecule has 3 aromatic rings. The Morgan fingerprint density at radius 3 is 2.55 bits per heavy atom. The lowest BCUT2D eigenvalue weighted by molar-refractivity contribution is 0.126. The zero-order valence-corrected chi connectivity index (χ0v) is 16.0. The first-order valence-corrected chi connectivity index (χ1v) is 9.78. The number of para-hydroxylation sites is 1. The van der Waals surface area contributed by atoms with Crippen molar-refractivity contribution in [2.75, 3.05) is 10.6 Å². The lowest BCUT2D eigenvalue weighted by atomic mass is 9.93. The molecule has 1 aliphatic carbocycles. The number of anilines is 3. The molecule has 0 aliphatic heterocycles. The molecule has 0 saturated heterocycles. The largest absolute Gasteiger partial charge is 0.393 e. The molecule has 4 rings (SSSR count). The van der Waals surface area contributed by atoms with Crippen LogP contribution in [-0.2, 0) is 0 Å². The van der Waals surface area contributed by atoms with E-state index in [-0.39, 0.29) is 12.1 Å². The fourth-order valence-corrected chi connectivity index (χ4v) is 3.51. The second-order valence-electron chi connectivity index (χ2n) is 7.14. The van der Waals surface area contributed by atoms with Gasteiger partial charge in [-0.15, -0.1) is 6.42 Å². The van der Waals surface area contributed by atoms with Gasteiger partial charge in [-0.25, -0.2) is 4.98 Å². The van der Waals surface area contributed by atoms with Crippen LogP contribution in [0.4, 0.5) is 17.5 Å². The number of nitrogens with one attached hydrogen (secondary N) is 2. The molecule has 6 nitrogen and oxygen atoms in total. The summed E-state index contributed by atoms with van der Waals surface area (Å²) in [4.78, 5) is 13.7. The van der Waals surface area contributed by atoms with E-state index in [0.29, 0.717) is 5.95 Å². The van der Waals surface area contributed by atoms with Gasteiger partial charge in [-0.2, -0.15) is 4.98 Å². The molecule has 0 atom stereocenters. The Labute approximate surface area is 170 Å². The molecule has 1 fully saturated rings. The van der Waals surface area contributed by atoms with Gasteiger partial charge in [-0.1, -0.05) is 24.1 Å². The first-order valence-electron chi connectivity index (χ1n) is 9.78. The van der Waals surface area contributed by atoms with E-state index < -0.39 is 0 Å². The molecular weight excluding hydrogens is 362 g/mol. The summed E-state index contributed by atoms with van der Waals surface area (Å²) in [5.74, 6) is 3.86. The van der Waals surface area contributed by atoms with E-state index >= 15 is 0 Å². The molecule has 0 amide bonds. The highest BCUT2D eigenvalue weighted by atomic mass is 16.3. The van der Waals surface area contributed by atoms with E-state index in [1.54, 1.807) is 12.4 Å². The summed E-state index contributed by atoms with van der Waals surface area (Å²) < 4.78 is 0. The molecule has 0 spiro atoms. The second kappa shape index (κ2) is 8.72. The molecule has 146 valence electrons. The van der Waals surface area contributed by atoms with Crippen molar-refractivity contribution in [3.8, 4) is 23.6 Å². The standard InChI is InChI=1S/C23H23N5O/c1-2-16-7-3-4-8-20(16)27-23-25-15-19(21-9-5-6-14-24-21)22(28-23)26-17-10-12-18(29)13-11-17/h1,3-9,14-15,17-18,29H,10-13H2,(H2,25,26,27,28). The van der Waals surface area contributed by atoms with Crippen LogP contribution in [0.3, 0.4) is 0 Å². The van der Waals surface area contributed by atoms with E-state index in [0.717, 1.165) is 54.0 Å². The van der Waals surface area contributed by atoms with Gasteiger partial charge in [0.05, 0.1) is 23.0 Å². The average Bonchev–Trinajstić information content (AvgIpc) is 2.76. The third-order valence-corrected chi connectivity index (χ3v) is 5.10. The Hall–Kier alpha value is -3.43. The molecule has 3 N–H and O–H groups in total. The smallest absolute Gasteiger partial charge is 0.229 e. The van der Waals surface area contributed by atoms with Gasteiger partial charge in [0.15, 0.2) is 0 Å². The number of hydrogen-bond donors (Lipinski definition) is 3. The predicted octanol–water partition coefficient (Wildman–Crippen LogP) is 3.98. The molecule has 0 unspecified atom stereocenters. The number of pyridine rings is 1. The van der Waals surface area contributed by atoms with Gasteiger partial charge in [-0.05, 0) is 49.9 Å². The summed E-state index contributed by atoms with van der Waals surface area (Å²) in [6.45, 7) is 0. The average molecular weight is 385 g/mol. The monoisotopic (exact) mass is 385 g/mol. The van der Waals surface area contributed by atoms with Crippen molar-refractivity contribution in [1.82, 2.24) is 15.0 Å². The molecular formula is C23H23N5O. The quantitative estimate of drug-likeness (QED) is 0.576. The van der Waals surface area contributed by atoms with Crippen LogP contribution in [0.15, 0.2) is 54.9 Å². The first-order chi connectivity index (χ1) is 14.2. The van der Waals surface area contributed by atoms with Gasteiger partial charge in [-0.3, -0.25) is 4.98 Å². The molecule has 2 aromatic heterocycles. The minimum absolute atomic E-state index is 0.203. The van der Waals surface area contributed by atoms with E-state index in [1.807, 2.05) is 42.5 Å². The van der Waals surface area contributed by atoms with Crippen LogP contribution in [0.2, 0.25) is 0 Å². The van der Waals surface area contributed by atoms with E-state index in [2.05, 4.69) is 26.5 Å². The van der Waals surface area contributed by atoms with Crippen molar-refractivity contribution in [3.63, 3.8) is 0 Å². The van der Waals surface area contributed by atoms with Crippen molar-refractivity contribution in [2.24, 2.45) is 0 Å². The molecule has 1 saturated carbocycles. The normalized spacial score (nSPS) is 18.6. The lowest BCUT2D eigenvalue weighted by Gasteiger charge is -2.27. The second-order valence-corrected chi connectivity index (χ2v) is 7.14. The fourth-order valence-electron chi connectivity index (χ4n) is 3.51. The maximum absolute atomic E-state index is 9.79. The van der Waals surface area contributed by atoms with Crippen molar-refractivity contribution in [1.29, 1.82) is 0 Å². The topological polar surface area (TPSA) is 83.0 Å². The third-order valence-electron chi connectivity index (χ3n) is 5.10. The Morgan fingerprint density at radius 2 is 1.79 bits per heavy atom. The Morgan fingerprint density at radius 1 is 1.00 bits per heavy atom. The van der Waals surface area contributed by atoms with E-state index in [4.69, 9.17) is 11.4 Å². The van der Waals surface area contributed by atoms with Crippen LogP contribution in [0.25, 0.3) is 11.3 Å². The van der Waals surface area contributed by atoms with Gasteiger partial charge in [0, 0.05) is 24.0 Å². The summed E-state index contributed by atoms with van der Waals surface area (Å²) in [5, 5.41) is 16.6. The number of aliphatic hydroxyl groups is 1. The van der Waals surface area contributed by atoms with Crippen LogP contribution in [0.5, 0.6) is 0 Å². The zero-order valence-electron chi connectivity index (χ0n) is 16.0.